The number of hydrogen-bond donors (Lipinski definition) is 1. The Labute approximate surface area is 176 Å². The minimum absolute atomic E-state index is 0.150. The second-order valence-electron chi connectivity index (χ2n) is 7.07. The van der Waals surface area contributed by atoms with Crippen LogP contribution in [0.1, 0.15) is 18.1 Å². The number of nitrogens with zero attached hydrogens (tertiary/aromatic N) is 2. The van der Waals surface area contributed by atoms with Gasteiger partial charge in [0.15, 0.2) is 6.10 Å². The first kappa shape index (κ1) is 22.6. The highest BCUT2D eigenvalue weighted by Gasteiger charge is 2.62. The summed E-state index contributed by atoms with van der Waals surface area (Å²) in [6.45, 7) is 2.29. The molecule has 0 bridgehead atoms. The predicted octanol–water partition coefficient (Wildman–Crippen LogP) is 5.16. The molecule has 1 unspecified atom stereocenters. The monoisotopic (exact) mass is 449 g/mol. The molecule has 0 amide bonds. The molecule has 1 aromatic heterocycles. The summed E-state index contributed by atoms with van der Waals surface area (Å²) in [6.07, 6.45) is -5.26. The minimum atomic E-state index is -5.71. The van der Waals surface area contributed by atoms with Gasteiger partial charge in [-0.1, -0.05) is 17.7 Å². The summed E-state index contributed by atoms with van der Waals surface area (Å²) in [5, 5.41) is 3.81. The van der Waals surface area contributed by atoms with Gasteiger partial charge in [-0.05, 0) is 56.1 Å². The van der Waals surface area contributed by atoms with Crippen LogP contribution in [-0.4, -0.2) is 43.3 Å². The van der Waals surface area contributed by atoms with Crippen LogP contribution in [0.2, 0.25) is 5.02 Å². The molecule has 4 nitrogen and oxygen atoms in total. The third-order valence-electron chi connectivity index (χ3n) is 5.05. The van der Waals surface area contributed by atoms with E-state index in [1.165, 1.54) is 18.3 Å². The van der Waals surface area contributed by atoms with E-state index in [1.54, 1.807) is 18.0 Å². The molecule has 1 aliphatic rings. The van der Waals surface area contributed by atoms with Gasteiger partial charge >= 0.3 is 12.1 Å². The Kier molecular flexibility index (Phi) is 6.43. The smallest absolute Gasteiger partial charge is 0.457 e. The van der Waals surface area contributed by atoms with E-state index in [4.69, 9.17) is 16.3 Å². The van der Waals surface area contributed by atoms with Gasteiger partial charge in [-0.2, -0.15) is 22.0 Å². The molecule has 2 heterocycles. The van der Waals surface area contributed by atoms with Crippen molar-refractivity contribution in [2.45, 2.75) is 38.0 Å². The lowest BCUT2D eigenvalue weighted by Gasteiger charge is -2.27. The second-order valence-corrected chi connectivity index (χ2v) is 7.48. The lowest BCUT2D eigenvalue weighted by Crippen LogP contribution is -2.48. The lowest BCUT2D eigenvalue weighted by atomic mass is 10.00. The van der Waals surface area contributed by atoms with Crippen molar-refractivity contribution in [3.63, 3.8) is 0 Å². The largest absolute Gasteiger partial charge is 0.484 e. The molecule has 10 heteroatoms. The topological polar surface area (TPSA) is 37.4 Å². The van der Waals surface area contributed by atoms with Crippen LogP contribution in [0, 0.1) is 0 Å². The summed E-state index contributed by atoms with van der Waals surface area (Å²) >= 11 is 6.45. The third kappa shape index (κ3) is 4.46. The van der Waals surface area contributed by atoms with Gasteiger partial charge in [0.25, 0.3) is 0 Å². The van der Waals surface area contributed by atoms with Crippen LogP contribution >= 0.6 is 11.6 Å². The quantitative estimate of drug-likeness (QED) is 0.640. The van der Waals surface area contributed by atoms with Crippen molar-refractivity contribution in [1.82, 2.24) is 10.3 Å². The molecular formula is C20H21ClF5N3O. The molecule has 164 valence electrons. The summed E-state index contributed by atoms with van der Waals surface area (Å²) < 4.78 is 69.7. The van der Waals surface area contributed by atoms with Crippen molar-refractivity contribution < 1.29 is 26.7 Å². The maximum atomic E-state index is 13.5. The molecule has 0 fully saturated rings. The van der Waals surface area contributed by atoms with Crippen LogP contribution < -0.4 is 15.0 Å². The normalized spacial score (nSPS) is 15.9. The van der Waals surface area contributed by atoms with Crippen LogP contribution in [-0.2, 0) is 12.8 Å². The van der Waals surface area contributed by atoms with Gasteiger partial charge in [-0.15, -0.1) is 0 Å². The Morgan fingerprint density at radius 2 is 1.83 bits per heavy atom. The molecule has 1 aliphatic heterocycles. The number of nitrogens with one attached hydrogen (secondary N) is 1. The number of ether oxygens (including phenoxy) is 1. The van der Waals surface area contributed by atoms with Crippen LogP contribution in [0.15, 0.2) is 30.5 Å². The minimum Gasteiger partial charge on any atom is -0.484 e. The molecule has 30 heavy (non-hydrogen) atoms. The standard InChI is InChI=1S/C20H21ClF5N3O/c1-12(19(22,23)20(24,25)26)30-14-6-10-28-17(11-14)29(2)18-15-7-9-27-8-5-13(15)3-4-16(18)21/h3-4,6,10-12,27H,5,7-9H2,1-2H3. The van der Waals surface area contributed by atoms with Crippen molar-refractivity contribution >= 4 is 23.1 Å². The first-order valence-electron chi connectivity index (χ1n) is 9.34. The molecular weight excluding hydrogens is 429 g/mol. The van der Waals surface area contributed by atoms with Gasteiger partial charge in [0.2, 0.25) is 0 Å². The first-order valence-corrected chi connectivity index (χ1v) is 9.72. The number of anilines is 2. The number of rotatable bonds is 5. The fourth-order valence-corrected chi connectivity index (χ4v) is 3.67. The highest BCUT2D eigenvalue weighted by molar-refractivity contribution is 6.33. The van der Waals surface area contributed by atoms with E-state index in [2.05, 4.69) is 10.3 Å². The average molecular weight is 450 g/mol. The summed E-state index contributed by atoms with van der Waals surface area (Å²) in [4.78, 5) is 5.90. The first-order chi connectivity index (χ1) is 14.0. The number of benzene rings is 1. The number of pyridine rings is 1. The fourth-order valence-electron chi connectivity index (χ4n) is 3.37. The van der Waals surface area contributed by atoms with Gasteiger partial charge in [0, 0.05) is 19.3 Å². The van der Waals surface area contributed by atoms with Gasteiger partial charge in [-0.25, -0.2) is 4.98 Å². The van der Waals surface area contributed by atoms with Gasteiger partial charge in [0.05, 0.1) is 10.7 Å². The number of halogens is 6. The van der Waals surface area contributed by atoms with Gasteiger partial charge in [-0.3, -0.25) is 0 Å². The Balaban J connectivity index is 1.90. The zero-order valence-corrected chi connectivity index (χ0v) is 17.1. The van der Waals surface area contributed by atoms with E-state index < -0.39 is 18.2 Å². The molecule has 0 saturated heterocycles. The molecule has 0 aliphatic carbocycles. The van der Waals surface area contributed by atoms with E-state index >= 15 is 0 Å². The number of fused-ring (bicyclic) bond motifs is 1. The SMILES string of the molecule is CC(Oc1ccnc(N(C)c2c(Cl)ccc3c2CCNCC3)c1)C(F)(F)C(F)(F)F. The third-order valence-corrected chi connectivity index (χ3v) is 5.36. The predicted molar refractivity (Wildman–Crippen MR) is 105 cm³/mol. The van der Waals surface area contributed by atoms with Gasteiger partial charge in [0.1, 0.15) is 11.6 Å². The number of alkyl halides is 5. The van der Waals surface area contributed by atoms with E-state index in [9.17, 15) is 22.0 Å². The van der Waals surface area contributed by atoms with Crippen molar-refractivity contribution in [2.75, 3.05) is 25.0 Å². The number of hydrogen-bond acceptors (Lipinski definition) is 4. The van der Waals surface area contributed by atoms with E-state index in [0.717, 1.165) is 42.7 Å². The Bertz CT molecular complexity index is 906. The van der Waals surface area contributed by atoms with E-state index in [-0.39, 0.29) is 5.75 Å². The summed E-state index contributed by atoms with van der Waals surface area (Å²) in [6, 6.07) is 6.30. The molecule has 1 aromatic carbocycles. The zero-order chi connectivity index (χ0) is 22.1. The van der Waals surface area contributed by atoms with Crippen molar-refractivity contribution in [1.29, 1.82) is 0 Å². The van der Waals surface area contributed by atoms with Crippen LogP contribution in [0.4, 0.5) is 33.5 Å². The van der Waals surface area contributed by atoms with Crippen LogP contribution in [0.25, 0.3) is 0 Å². The molecule has 0 spiro atoms. The van der Waals surface area contributed by atoms with Crippen molar-refractivity contribution in [3.8, 4) is 5.75 Å². The molecule has 3 rings (SSSR count). The lowest BCUT2D eigenvalue weighted by molar-refractivity contribution is -0.306. The molecule has 0 radical (unpaired) electrons. The molecule has 1 atom stereocenters. The fraction of sp³-hybridized carbons (Fsp3) is 0.450. The van der Waals surface area contributed by atoms with Crippen LogP contribution in [0.5, 0.6) is 5.75 Å². The molecule has 2 aromatic rings. The highest BCUT2D eigenvalue weighted by Crippen LogP contribution is 2.40. The second kappa shape index (κ2) is 8.55. The van der Waals surface area contributed by atoms with Gasteiger partial charge < -0.3 is 15.0 Å². The average Bonchev–Trinajstić information content (AvgIpc) is 2.92. The maximum Gasteiger partial charge on any atom is 0.457 e. The van der Waals surface area contributed by atoms with Crippen molar-refractivity contribution in [3.05, 3.63) is 46.6 Å². The maximum absolute atomic E-state index is 13.5. The summed E-state index contributed by atoms with van der Waals surface area (Å²) in [5.41, 5.74) is 2.90. The molecule has 1 N–H and O–H groups in total. The van der Waals surface area contributed by atoms with Crippen molar-refractivity contribution in [2.24, 2.45) is 0 Å². The Morgan fingerprint density at radius 3 is 2.53 bits per heavy atom. The zero-order valence-electron chi connectivity index (χ0n) is 16.4. The van der Waals surface area contributed by atoms with E-state index in [0.29, 0.717) is 17.8 Å². The Hall–Kier alpha value is -2.13. The number of aromatic nitrogens is 1. The Morgan fingerprint density at radius 1 is 1.13 bits per heavy atom. The summed E-state index contributed by atoms with van der Waals surface area (Å²) in [5.74, 6) is -4.83. The summed E-state index contributed by atoms with van der Waals surface area (Å²) in [7, 11) is 1.71. The van der Waals surface area contributed by atoms with Crippen LogP contribution in [0.3, 0.4) is 0 Å². The molecule has 0 saturated carbocycles. The highest BCUT2D eigenvalue weighted by atomic mass is 35.5. The van der Waals surface area contributed by atoms with E-state index in [1.807, 2.05) is 6.07 Å².